The Bertz CT molecular complexity index is 866. The first-order valence-electron chi connectivity index (χ1n) is 8.41. The van der Waals surface area contributed by atoms with Crippen LogP contribution in [0.2, 0.25) is 5.02 Å². The average molecular weight is 373 g/mol. The second kappa shape index (κ2) is 7.38. The maximum absolute atomic E-state index is 12.4. The van der Waals surface area contributed by atoms with Gasteiger partial charge in [-0.05, 0) is 61.7 Å². The first-order chi connectivity index (χ1) is 12.4. The van der Waals surface area contributed by atoms with Gasteiger partial charge in [0.05, 0.1) is 24.6 Å². The molecule has 136 valence electrons. The van der Waals surface area contributed by atoms with Crippen molar-refractivity contribution in [3.8, 4) is 5.75 Å². The molecule has 0 aliphatic heterocycles. The van der Waals surface area contributed by atoms with Crippen molar-refractivity contribution in [2.45, 2.75) is 20.3 Å². The Kier molecular flexibility index (Phi) is 5.18. The third-order valence-corrected chi connectivity index (χ3v) is 4.89. The second-order valence-corrected chi connectivity index (χ2v) is 7.01. The molecule has 2 N–H and O–H groups in total. The van der Waals surface area contributed by atoms with E-state index in [0.717, 1.165) is 11.3 Å². The molecule has 5 nitrogen and oxygen atoms in total. The average Bonchev–Trinajstić information content (AvgIpc) is 3.39. The van der Waals surface area contributed by atoms with E-state index in [-0.39, 0.29) is 23.7 Å². The van der Waals surface area contributed by atoms with E-state index < -0.39 is 0 Å². The highest BCUT2D eigenvalue weighted by atomic mass is 35.5. The van der Waals surface area contributed by atoms with Gasteiger partial charge in [0.15, 0.2) is 0 Å². The monoisotopic (exact) mass is 372 g/mol. The van der Waals surface area contributed by atoms with Gasteiger partial charge >= 0.3 is 0 Å². The number of benzene rings is 2. The molecule has 2 amide bonds. The summed E-state index contributed by atoms with van der Waals surface area (Å²) in [5.74, 6) is -0.469. The van der Waals surface area contributed by atoms with Crippen molar-refractivity contribution < 1.29 is 14.3 Å². The van der Waals surface area contributed by atoms with Gasteiger partial charge in [-0.2, -0.15) is 0 Å². The summed E-state index contributed by atoms with van der Waals surface area (Å²) in [4.78, 5) is 24.8. The molecule has 0 aromatic heterocycles. The van der Waals surface area contributed by atoms with Crippen molar-refractivity contribution in [3.05, 3.63) is 52.5 Å². The maximum atomic E-state index is 12.4. The van der Waals surface area contributed by atoms with Gasteiger partial charge in [0, 0.05) is 10.7 Å². The van der Waals surface area contributed by atoms with Gasteiger partial charge in [0.25, 0.3) is 0 Å². The number of nitrogens with one attached hydrogen (secondary N) is 2. The van der Waals surface area contributed by atoms with Crippen molar-refractivity contribution in [2.75, 3.05) is 17.7 Å². The van der Waals surface area contributed by atoms with Crippen LogP contribution in [0.15, 0.2) is 36.4 Å². The highest BCUT2D eigenvalue weighted by Gasteiger charge is 2.48. The van der Waals surface area contributed by atoms with Gasteiger partial charge in [-0.25, -0.2) is 0 Å². The Morgan fingerprint density at radius 2 is 1.69 bits per heavy atom. The molecule has 1 aliphatic carbocycles. The fourth-order valence-corrected chi connectivity index (χ4v) is 3.00. The number of methoxy groups -OCH3 is 1. The van der Waals surface area contributed by atoms with Crippen LogP contribution in [0.4, 0.5) is 11.4 Å². The number of amides is 2. The fourth-order valence-electron chi connectivity index (χ4n) is 2.83. The molecular formula is C20H21ClN2O3. The standard InChI is InChI=1S/C20H21ClN2O3/c1-11-4-6-14(8-12(11)2)22-19(24)15-10-16(15)20(25)23-17-9-13(21)5-7-18(17)26-3/h4-9,15-16H,10H2,1-3H3,(H,22,24)(H,23,25). The first kappa shape index (κ1) is 18.3. The molecule has 1 fully saturated rings. The lowest BCUT2D eigenvalue weighted by Crippen LogP contribution is -2.20. The minimum Gasteiger partial charge on any atom is -0.495 e. The van der Waals surface area contributed by atoms with Crippen LogP contribution < -0.4 is 15.4 Å². The Balaban J connectivity index is 1.61. The van der Waals surface area contributed by atoms with E-state index in [1.807, 2.05) is 32.0 Å². The van der Waals surface area contributed by atoms with Gasteiger partial charge in [0.2, 0.25) is 11.8 Å². The molecule has 1 aliphatic rings. The van der Waals surface area contributed by atoms with Crippen molar-refractivity contribution >= 4 is 34.8 Å². The predicted molar refractivity (Wildman–Crippen MR) is 103 cm³/mol. The van der Waals surface area contributed by atoms with E-state index in [9.17, 15) is 9.59 Å². The van der Waals surface area contributed by atoms with Gasteiger partial charge in [-0.15, -0.1) is 0 Å². The molecule has 0 bridgehead atoms. The molecule has 2 aromatic rings. The van der Waals surface area contributed by atoms with E-state index in [1.165, 1.54) is 12.7 Å². The van der Waals surface area contributed by atoms with Crippen molar-refractivity contribution in [1.29, 1.82) is 0 Å². The fraction of sp³-hybridized carbons (Fsp3) is 0.300. The number of halogens is 1. The van der Waals surface area contributed by atoms with Gasteiger partial charge in [-0.3, -0.25) is 9.59 Å². The number of hydrogen-bond acceptors (Lipinski definition) is 3. The molecule has 2 unspecified atom stereocenters. The normalized spacial score (nSPS) is 18.2. The molecule has 0 saturated heterocycles. The Morgan fingerprint density at radius 3 is 2.35 bits per heavy atom. The lowest BCUT2D eigenvalue weighted by molar-refractivity contribution is -0.122. The van der Waals surface area contributed by atoms with Crippen molar-refractivity contribution in [2.24, 2.45) is 11.8 Å². The summed E-state index contributed by atoms with van der Waals surface area (Å²) in [7, 11) is 1.52. The lowest BCUT2D eigenvalue weighted by Gasteiger charge is -2.11. The number of carbonyl (C=O) groups excluding carboxylic acids is 2. The molecular weight excluding hydrogens is 352 g/mol. The zero-order valence-corrected chi connectivity index (χ0v) is 15.7. The summed E-state index contributed by atoms with van der Waals surface area (Å²) in [5, 5.41) is 6.19. The first-order valence-corrected chi connectivity index (χ1v) is 8.79. The summed E-state index contributed by atoms with van der Waals surface area (Å²) in [6.07, 6.45) is 0.533. The zero-order chi connectivity index (χ0) is 18.8. The molecule has 3 rings (SSSR count). The summed E-state index contributed by atoms with van der Waals surface area (Å²) < 4.78 is 5.22. The van der Waals surface area contributed by atoms with E-state index in [4.69, 9.17) is 16.3 Å². The molecule has 0 radical (unpaired) electrons. The lowest BCUT2D eigenvalue weighted by atomic mass is 10.1. The van der Waals surface area contributed by atoms with Crippen LogP contribution in [-0.2, 0) is 9.59 Å². The highest BCUT2D eigenvalue weighted by molar-refractivity contribution is 6.31. The van der Waals surface area contributed by atoms with Gasteiger partial charge in [-0.1, -0.05) is 17.7 Å². The SMILES string of the molecule is COc1ccc(Cl)cc1NC(=O)C1CC1C(=O)Nc1ccc(C)c(C)c1. The topological polar surface area (TPSA) is 67.4 Å². The van der Waals surface area contributed by atoms with Crippen LogP contribution in [0.1, 0.15) is 17.5 Å². The highest BCUT2D eigenvalue weighted by Crippen LogP contribution is 2.41. The van der Waals surface area contributed by atoms with E-state index in [0.29, 0.717) is 22.9 Å². The Hall–Kier alpha value is -2.53. The molecule has 0 spiro atoms. The molecule has 1 saturated carbocycles. The van der Waals surface area contributed by atoms with E-state index in [1.54, 1.807) is 18.2 Å². The minimum atomic E-state index is -0.342. The predicted octanol–water partition coefficient (Wildman–Crippen LogP) is 4.18. The van der Waals surface area contributed by atoms with Crippen LogP contribution in [0.3, 0.4) is 0 Å². The number of rotatable bonds is 5. The largest absolute Gasteiger partial charge is 0.495 e. The number of anilines is 2. The van der Waals surface area contributed by atoms with Crippen LogP contribution in [0.25, 0.3) is 0 Å². The van der Waals surface area contributed by atoms with Crippen LogP contribution in [0, 0.1) is 25.7 Å². The molecule has 26 heavy (non-hydrogen) atoms. The summed E-state index contributed by atoms with van der Waals surface area (Å²) in [6.45, 7) is 4.02. The second-order valence-electron chi connectivity index (χ2n) is 6.57. The molecule has 6 heteroatoms. The zero-order valence-electron chi connectivity index (χ0n) is 14.9. The maximum Gasteiger partial charge on any atom is 0.228 e. The molecule has 0 heterocycles. The summed E-state index contributed by atoms with van der Waals surface area (Å²) in [5.41, 5.74) is 3.54. The van der Waals surface area contributed by atoms with Crippen molar-refractivity contribution in [3.63, 3.8) is 0 Å². The minimum absolute atomic E-state index is 0.133. The quantitative estimate of drug-likeness (QED) is 0.827. The van der Waals surface area contributed by atoms with Gasteiger partial charge in [0.1, 0.15) is 5.75 Å². The Morgan fingerprint density at radius 1 is 1.00 bits per heavy atom. The number of aryl methyl sites for hydroxylation is 2. The number of carbonyl (C=O) groups is 2. The summed E-state index contributed by atoms with van der Waals surface area (Å²) >= 11 is 5.97. The molecule has 2 atom stereocenters. The van der Waals surface area contributed by atoms with E-state index in [2.05, 4.69) is 10.6 Å². The van der Waals surface area contributed by atoms with Crippen LogP contribution in [-0.4, -0.2) is 18.9 Å². The van der Waals surface area contributed by atoms with Crippen LogP contribution >= 0.6 is 11.6 Å². The van der Waals surface area contributed by atoms with Crippen molar-refractivity contribution in [1.82, 2.24) is 0 Å². The molecule has 2 aromatic carbocycles. The van der Waals surface area contributed by atoms with E-state index >= 15 is 0 Å². The third kappa shape index (κ3) is 3.99. The van der Waals surface area contributed by atoms with Crippen LogP contribution in [0.5, 0.6) is 5.75 Å². The number of ether oxygens (including phenoxy) is 1. The summed E-state index contributed by atoms with van der Waals surface area (Å²) in [6, 6.07) is 10.8. The number of hydrogen-bond donors (Lipinski definition) is 2. The smallest absolute Gasteiger partial charge is 0.228 e. The third-order valence-electron chi connectivity index (χ3n) is 4.66. The van der Waals surface area contributed by atoms with Gasteiger partial charge < -0.3 is 15.4 Å². The Labute approximate surface area is 157 Å².